The van der Waals surface area contributed by atoms with Gasteiger partial charge in [-0.3, -0.25) is 4.79 Å². The predicted molar refractivity (Wildman–Crippen MR) is 65.0 cm³/mol. The van der Waals surface area contributed by atoms with Crippen LogP contribution in [0.25, 0.3) is 0 Å². The molecule has 0 aromatic carbocycles. The quantitative estimate of drug-likeness (QED) is 0.833. The lowest BCUT2D eigenvalue weighted by atomic mass is 10.0. The zero-order valence-electron chi connectivity index (χ0n) is 9.50. The van der Waals surface area contributed by atoms with Gasteiger partial charge < -0.3 is 15.8 Å². The number of nitrogen functional groups attached to an aromatic ring is 1. The Hall–Kier alpha value is -1.33. The van der Waals surface area contributed by atoms with E-state index in [1.54, 1.807) is 12.1 Å². The molecule has 5 nitrogen and oxygen atoms in total. The van der Waals surface area contributed by atoms with Crippen molar-refractivity contribution in [3.05, 3.63) is 22.8 Å². The van der Waals surface area contributed by atoms with E-state index in [2.05, 4.69) is 10.3 Å². The first-order valence-corrected chi connectivity index (χ1v) is 5.70. The van der Waals surface area contributed by atoms with Crippen molar-refractivity contribution in [3.63, 3.8) is 0 Å². The van der Waals surface area contributed by atoms with E-state index in [-0.39, 0.29) is 23.0 Å². The highest BCUT2D eigenvalue weighted by molar-refractivity contribution is 6.33. The van der Waals surface area contributed by atoms with Gasteiger partial charge in [-0.25, -0.2) is 4.98 Å². The minimum atomic E-state index is -0.354. The molecule has 1 unspecified atom stereocenters. The van der Waals surface area contributed by atoms with E-state index in [1.165, 1.54) is 0 Å². The molecule has 3 N–H and O–H groups in total. The Bertz CT molecular complexity index is 444. The summed E-state index contributed by atoms with van der Waals surface area (Å²) in [5.74, 6) is -0.0531. The third-order valence-corrected chi connectivity index (χ3v) is 3.02. The van der Waals surface area contributed by atoms with Crippen molar-refractivity contribution in [1.82, 2.24) is 10.3 Å². The molecule has 2 rings (SSSR count). The van der Waals surface area contributed by atoms with Crippen LogP contribution in [0.15, 0.2) is 12.1 Å². The van der Waals surface area contributed by atoms with Crippen LogP contribution in [0.4, 0.5) is 5.82 Å². The molecule has 1 aromatic heterocycles. The van der Waals surface area contributed by atoms with Gasteiger partial charge in [-0.15, -0.1) is 0 Å². The van der Waals surface area contributed by atoms with Gasteiger partial charge in [-0.1, -0.05) is 11.6 Å². The van der Waals surface area contributed by atoms with Gasteiger partial charge in [-0.05, 0) is 25.5 Å². The van der Waals surface area contributed by atoms with Gasteiger partial charge in [0.1, 0.15) is 11.5 Å². The van der Waals surface area contributed by atoms with Gasteiger partial charge in [0.25, 0.3) is 5.91 Å². The maximum atomic E-state index is 12.0. The van der Waals surface area contributed by atoms with Gasteiger partial charge in [0, 0.05) is 6.61 Å². The fraction of sp³-hybridized carbons (Fsp3) is 0.455. The second kappa shape index (κ2) is 4.50. The highest BCUT2D eigenvalue weighted by Crippen LogP contribution is 2.20. The Labute approximate surface area is 104 Å². The summed E-state index contributed by atoms with van der Waals surface area (Å²) in [7, 11) is 0. The fourth-order valence-corrected chi connectivity index (χ4v) is 1.91. The molecule has 92 valence electrons. The van der Waals surface area contributed by atoms with Crippen LogP contribution >= 0.6 is 11.6 Å². The summed E-state index contributed by atoms with van der Waals surface area (Å²) in [6.45, 7) is 3.08. The Balaban J connectivity index is 2.17. The average Bonchev–Trinajstić information content (AvgIpc) is 2.68. The molecule has 6 heteroatoms. The number of rotatable bonds is 2. The lowest BCUT2D eigenvalue weighted by Crippen LogP contribution is -2.46. The second-order valence-corrected chi connectivity index (χ2v) is 4.79. The number of halogens is 1. The number of nitrogens with two attached hydrogens (primary N) is 1. The van der Waals surface area contributed by atoms with Crippen LogP contribution < -0.4 is 11.1 Å². The van der Waals surface area contributed by atoms with Crippen LogP contribution in [0.3, 0.4) is 0 Å². The van der Waals surface area contributed by atoms with Crippen LogP contribution in [0.1, 0.15) is 23.8 Å². The number of nitrogens with zero attached hydrogens (tertiary/aromatic N) is 1. The molecule has 0 spiro atoms. The van der Waals surface area contributed by atoms with Gasteiger partial charge in [0.15, 0.2) is 0 Å². The van der Waals surface area contributed by atoms with Crippen LogP contribution in [-0.4, -0.2) is 29.6 Å². The molecule has 1 atom stereocenters. The Morgan fingerprint density at radius 2 is 2.41 bits per heavy atom. The van der Waals surface area contributed by atoms with E-state index in [9.17, 15) is 4.79 Å². The zero-order chi connectivity index (χ0) is 12.5. The van der Waals surface area contributed by atoms with Crippen molar-refractivity contribution < 1.29 is 9.53 Å². The fourth-order valence-electron chi connectivity index (χ4n) is 1.72. The van der Waals surface area contributed by atoms with E-state index >= 15 is 0 Å². The molecule has 0 bridgehead atoms. The minimum Gasteiger partial charge on any atom is -0.384 e. The molecule has 1 aliphatic heterocycles. The topological polar surface area (TPSA) is 77.2 Å². The zero-order valence-corrected chi connectivity index (χ0v) is 10.3. The van der Waals surface area contributed by atoms with E-state index in [0.29, 0.717) is 18.2 Å². The number of aromatic nitrogens is 1. The number of hydrogen-bond donors (Lipinski definition) is 2. The summed E-state index contributed by atoms with van der Waals surface area (Å²) in [5, 5.41) is 3.16. The number of nitrogens with one attached hydrogen (secondary N) is 1. The second-order valence-electron chi connectivity index (χ2n) is 4.38. The maximum Gasteiger partial charge on any atom is 0.272 e. The molecule has 17 heavy (non-hydrogen) atoms. The lowest BCUT2D eigenvalue weighted by molar-refractivity contribution is 0.0885. The Morgan fingerprint density at radius 3 is 3.06 bits per heavy atom. The van der Waals surface area contributed by atoms with Crippen LogP contribution in [0, 0.1) is 0 Å². The van der Waals surface area contributed by atoms with E-state index < -0.39 is 0 Å². The summed E-state index contributed by atoms with van der Waals surface area (Å²) in [5.41, 5.74) is 5.33. The maximum absolute atomic E-state index is 12.0. The smallest absolute Gasteiger partial charge is 0.272 e. The number of carbonyl (C=O) groups excluding carboxylic acids is 1. The normalized spacial score (nSPS) is 23.6. The molecule has 0 radical (unpaired) electrons. The summed E-state index contributed by atoms with van der Waals surface area (Å²) >= 11 is 5.91. The van der Waals surface area contributed by atoms with Crippen molar-refractivity contribution >= 4 is 23.3 Å². The van der Waals surface area contributed by atoms with Gasteiger partial charge in [0.2, 0.25) is 0 Å². The number of pyridine rings is 1. The highest BCUT2D eigenvalue weighted by atomic mass is 35.5. The number of ether oxygens (including phenoxy) is 1. The van der Waals surface area contributed by atoms with Gasteiger partial charge in [0.05, 0.1) is 17.2 Å². The van der Waals surface area contributed by atoms with Gasteiger partial charge >= 0.3 is 0 Å². The van der Waals surface area contributed by atoms with Crippen molar-refractivity contribution in [1.29, 1.82) is 0 Å². The standard InChI is InChI=1S/C11H14ClN3O2/c1-11(4-5-17-6-11)15-10(16)9-7(12)2-3-8(13)14-9/h2-3H,4-6H2,1H3,(H2,13,14)(H,15,16). The highest BCUT2D eigenvalue weighted by Gasteiger charge is 2.32. The lowest BCUT2D eigenvalue weighted by Gasteiger charge is -2.23. The summed E-state index contributed by atoms with van der Waals surface area (Å²) in [6.07, 6.45) is 0.776. The molecule has 2 heterocycles. The molecule has 0 aliphatic carbocycles. The minimum absolute atomic E-state index is 0.153. The number of anilines is 1. The molecular formula is C11H14ClN3O2. The third kappa shape index (κ3) is 2.68. The van der Waals surface area contributed by atoms with Crippen molar-refractivity contribution in [2.75, 3.05) is 18.9 Å². The van der Waals surface area contributed by atoms with Crippen molar-refractivity contribution in [3.8, 4) is 0 Å². The summed E-state index contributed by atoms with van der Waals surface area (Å²) < 4.78 is 5.26. The predicted octanol–water partition coefficient (Wildman–Crippen LogP) is 1.23. The van der Waals surface area contributed by atoms with E-state index in [4.69, 9.17) is 22.1 Å². The molecule has 1 aromatic rings. The van der Waals surface area contributed by atoms with E-state index in [0.717, 1.165) is 6.42 Å². The van der Waals surface area contributed by atoms with Crippen LogP contribution in [0.2, 0.25) is 5.02 Å². The number of carbonyl (C=O) groups is 1. The Kier molecular flexibility index (Phi) is 3.22. The third-order valence-electron chi connectivity index (χ3n) is 2.72. The molecule has 1 amide bonds. The SMILES string of the molecule is CC1(NC(=O)c2nc(N)ccc2Cl)CCOC1. The number of hydrogen-bond acceptors (Lipinski definition) is 4. The molecule has 1 saturated heterocycles. The van der Waals surface area contributed by atoms with Crippen molar-refractivity contribution in [2.24, 2.45) is 0 Å². The first-order valence-electron chi connectivity index (χ1n) is 5.32. The van der Waals surface area contributed by atoms with Crippen LogP contribution in [-0.2, 0) is 4.74 Å². The first-order chi connectivity index (χ1) is 8.00. The molecular weight excluding hydrogens is 242 g/mol. The monoisotopic (exact) mass is 255 g/mol. The first kappa shape index (κ1) is 12.1. The molecule has 1 fully saturated rings. The number of amides is 1. The van der Waals surface area contributed by atoms with Crippen molar-refractivity contribution in [2.45, 2.75) is 18.9 Å². The molecule has 0 saturated carbocycles. The van der Waals surface area contributed by atoms with Crippen LogP contribution in [0.5, 0.6) is 0 Å². The van der Waals surface area contributed by atoms with E-state index in [1.807, 2.05) is 6.92 Å². The summed E-state index contributed by atoms with van der Waals surface area (Å²) in [6, 6.07) is 3.12. The average molecular weight is 256 g/mol. The Morgan fingerprint density at radius 1 is 1.65 bits per heavy atom. The summed E-state index contributed by atoms with van der Waals surface area (Å²) in [4.78, 5) is 15.9. The molecule has 1 aliphatic rings. The van der Waals surface area contributed by atoms with Gasteiger partial charge in [-0.2, -0.15) is 0 Å². The largest absolute Gasteiger partial charge is 0.384 e.